The van der Waals surface area contributed by atoms with Crippen LogP contribution in [0.2, 0.25) is 0 Å². The number of thioether (sulfide) groups is 1. The maximum Gasteiger partial charge on any atom is 0.0678 e. The van der Waals surface area contributed by atoms with E-state index in [9.17, 15) is 0 Å². The summed E-state index contributed by atoms with van der Waals surface area (Å²) in [6.45, 7) is 8.96. The van der Waals surface area contributed by atoms with Gasteiger partial charge in [0.15, 0.2) is 0 Å². The van der Waals surface area contributed by atoms with E-state index < -0.39 is 0 Å². The highest BCUT2D eigenvalue weighted by Crippen LogP contribution is 2.16. The highest BCUT2D eigenvalue weighted by molar-refractivity contribution is 7.99. The van der Waals surface area contributed by atoms with Crippen molar-refractivity contribution in [3.05, 3.63) is 30.3 Å². The molecule has 3 nitrogen and oxygen atoms in total. The molecule has 0 N–H and O–H groups in total. The Morgan fingerprint density at radius 2 is 1.85 bits per heavy atom. The van der Waals surface area contributed by atoms with Crippen molar-refractivity contribution in [3.8, 4) is 0 Å². The van der Waals surface area contributed by atoms with E-state index in [1.165, 1.54) is 4.90 Å². The van der Waals surface area contributed by atoms with Gasteiger partial charge < -0.3 is 9.47 Å². The molecule has 2 atom stereocenters. The second-order valence-corrected chi connectivity index (χ2v) is 6.46. The first-order chi connectivity index (χ1) is 9.74. The molecule has 1 aliphatic rings. The van der Waals surface area contributed by atoms with Gasteiger partial charge in [0, 0.05) is 30.3 Å². The summed E-state index contributed by atoms with van der Waals surface area (Å²) in [4.78, 5) is 3.75. The number of hydrogen-bond acceptors (Lipinski definition) is 4. The van der Waals surface area contributed by atoms with Crippen LogP contribution >= 0.6 is 11.8 Å². The Kier molecular flexibility index (Phi) is 6.87. The van der Waals surface area contributed by atoms with E-state index in [0.717, 1.165) is 38.6 Å². The maximum atomic E-state index is 5.73. The summed E-state index contributed by atoms with van der Waals surface area (Å²) >= 11 is 1.85. The van der Waals surface area contributed by atoms with Crippen LogP contribution in [0.25, 0.3) is 0 Å². The lowest BCUT2D eigenvalue weighted by Crippen LogP contribution is -2.46. The first-order valence-corrected chi connectivity index (χ1v) is 8.36. The average Bonchev–Trinajstić information content (AvgIpc) is 2.43. The van der Waals surface area contributed by atoms with Crippen molar-refractivity contribution >= 4 is 11.8 Å². The van der Waals surface area contributed by atoms with Gasteiger partial charge in [0.05, 0.1) is 25.4 Å². The van der Waals surface area contributed by atoms with Crippen LogP contribution in [0.1, 0.15) is 13.8 Å². The summed E-state index contributed by atoms with van der Waals surface area (Å²) in [5.41, 5.74) is 0. The quantitative estimate of drug-likeness (QED) is 0.569. The molecule has 0 radical (unpaired) electrons. The van der Waals surface area contributed by atoms with E-state index in [0.29, 0.717) is 12.2 Å². The smallest absolute Gasteiger partial charge is 0.0678 e. The molecule has 0 unspecified atom stereocenters. The average molecular weight is 295 g/mol. The molecule has 2 rings (SSSR count). The zero-order valence-corrected chi connectivity index (χ0v) is 13.3. The summed E-state index contributed by atoms with van der Waals surface area (Å²) in [6.07, 6.45) is 0.680. The summed E-state index contributed by atoms with van der Waals surface area (Å²) < 4.78 is 11.4. The van der Waals surface area contributed by atoms with Crippen molar-refractivity contribution in [3.63, 3.8) is 0 Å². The Morgan fingerprint density at radius 1 is 1.15 bits per heavy atom. The van der Waals surface area contributed by atoms with E-state index in [2.05, 4.69) is 43.0 Å². The van der Waals surface area contributed by atoms with Gasteiger partial charge in [-0.25, -0.2) is 0 Å². The van der Waals surface area contributed by atoms with Crippen LogP contribution in [0.4, 0.5) is 0 Å². The van der Waals surface area contributed by atoms with Crippen molar-refractivity contribution in [2.75, 3.05) is 38.6 Å². The number of ether oxygens (including phenoxy) is 2. The molecule has 1 aromatic carbocycles. The van der Waals surface area contributed by atoms with Crippen LogP contribution in [0.5, 0.6) is 0 Å². The van der Waals surface area contributed by atoms with E-state index in [-0.39, 0.29) is 0 Å². The SMILES string of the molecule is C[C@@H]1CN(CCOCCSc2ccccc2)C[C@H](C)O1. The second kappa shape index (κ2) is 8.67. The minimum atomic E-state index is 0.340. The van der Waals surface area contributed by atoms with Crippen molar-refractivity contribution < 1.29 is 9.47 Å². The maximum absolute atomic E-state index is 5.73. The first kappa shape index (κ1) is 15.8. The fourth-order valence-corrected chi connectivity index (χ4v) is 3.28. The summed E-state index contributed by atoms with van der Waals surface area (Å²) in [5.74, 6) is 1.01. The third-order valence-electron chi connectivity index (χ3n) is 3.29. The lowest BCUT2D eigenvalue weighted by Gasteiger charge is -2.35. The lowest BCUT2D eigenvalue weighted by atomic mass is 10.2. The molecular formula is C16H25NO2S. The lowest BCUT2D eigenvalue weighted by molar-refractivity contribution is -0.0726. The number of nitrogens with zero attached hydrogens (tertiary/aromatic N) is 1. The Morgan fingerprint density at radius 3 is 2.55 bits per heavy atom. The topological polar surface area (TPSA) is 21.7 Å². The monoisotopic (exact) mass is 295 g/mol. The van der Waals surface area contributed by atoms with E-state index in [1.54, 1.807) is 0 Å². The normalized spacial score (nSPS) is 23.9. The summed E-state index contributed by atoms with van der Waals surface area (Å²) in [5, 5.41) is 0. The van der Waals surface area contributed by atoms with Crippen molar-refractivity contribution in [2.24, 2.45) is 0 Å². The van der Waals surface area contributed by atoms with Crippen LogP contribution < -0.4 is 0 Å². The molecule has 0 bridgehead atoms. The van der Waals surface area contributed by atoms with Gasteiger partial charge in [0.1, 0.15) is 0 Å². The van der Waals surface area contributed by atoms with Crippen LogP contribution in [0.15, 0.2) is 35.2 Å². The number of rotatable bonds is 7. The molecule has 4 heteroatoms. The van der Waals surface area contributed by atoms with Crippen molar-refractivity contribution in [1.82, 2.24) is 4.90 Å². The molecule has 0 aromatic heterocycles. The largest absolute Gasteiger partial charge is 0.379 e. The molecule has 1 heterocycles. The molecule has 0 amide bonds. The van der Waals surface area contributed by atoms with Crippen LogP contribution in [-0.2, 0) is 9.47 Å². The fourth-order valence-electron chi connectivity index (χ4n) is 2.50. The van der Waals surface area contributed by atoms with Gasteiger partial charge in [-0.3, -0.25) is 4.90 Å². The molecule has 1 aliphatic heterocycles. The highest BCUT2D eigenvalue weighted by atomic mass is 32.2. The third-order valence-corrected chi connectivity index (χ3v) is 4.26. The molecule has 0 spiro atoms. The predicted octanol–water partition coefficient (Wildman–Crippen LogP) is 2.90. The van der Waals surface area contributed by atoms with Crippen molar-refractivity contribution in [1.29, 1.82) is 0 Å². The van der Waals surface area contributed by atoms with Gasteiger partial charge >= 0.3 is 0 Å². The third kappa shape index (κ3) is 5.83. The summed E-state index contributed by atoms with van der Waals surface area (Å²) in [7, 11) is 0. The predicted molar refractivity (Wildman–Crippen MR) is 84.4 cm³/mol. The molecule has 112 valence electrons. The van der Waals surface area contributed by atoms with Crippen molar-refractivity contribution in [2.45, 2.75) is 31.0 Å². The Hall–Kier alpha value is -0.550. The second-order valence-electron chi connectivity index (χ2n) is 5.29. The molecule has 20 heavy (non-hydrogen) atoms. The summed E-state index contributed by atoms with van der Waals surface area (Å²) in [6, 6.07) is 10.5. The number of hydrogen-bond donors (Lipinski definition) is 0. The Balaban J connectivity index is 1.51. The zero-order valence-electron chi connectivity index (χ0n) is 12.5. The number of morpholine rings is 1. The molecular weight excluding hydrogens is 270 g/mol. The molecule has 1 aromatic rings. The van der Waals surface area contributed by atoms with Crippen LogP contribution in [0.3, 0.4) is 0 Å². The minimum Gasteiger partial charge on any atom is -0.379 e. The zero-order chi connectivity index (χ0) is 14.2. The molecule has 0 saturated carbocycles. The van der Waals surface area contributed by atoms with Gasteiger partial charge in [-0.2, -0.15) is 0 Å². The first-order valence-electron chi connectivity index (χ1n) is 7.37. The minimum absolute atomic E-state index is 0.340. The van der Waals surface area contributed by atoms with E-state index in [1.807, 2.05) is 17.8 Å². The number of benzene rings is 1. The highest BCUT2D eigenvalue weighted by Gasteiger charge is 2.21. The Bertz CT molecular complexity index is 364. The van der Waals surface area contributed by atoms with Gasteiger partial charge in [0.2, 0.25) is 0 Å². The van der Waals surface area contributed by atoms with Gasteiger partial charge in [-0.15, -0.1) is 11.8 Å². The van der Waals surface area contributed by atoms with E-state index in [4.69, 9.17) is 9.47 Å². The molecule has 1 fully saturated rings. The molecule has 1 saturated heterocycles. The van der Waals surface area contributed by atoms with Crippen LogP contribution in [0, 0.1) is 0 Å². The molecule has 0 aliphatic carbocycles. The van der Waals surface area contributed by atoms with Crippen LogP contribution in [-0.4, -0.2) is 55.7 Å². The van der Waals surface area contributed by atoms with Gasteiger partial charge in [0.25, 0.3) is 0 Å². The van der Waals surface area contributed by atoms with E-state index >= 15 is 0 Å². The van der Waals surface area contributed by atoms with Gasteiger partial charge in [-0.1, -0.05) is 18.2 Å². The fraction of sp³-hybridized carbons (Fsp3) is 0.625. The van der Waals surface area contributed by atoms with Gasteiger partial charge in [-0.05, 0) is 26.0 Å². The standard InChI is InChI=1S/C16H25NO2S/c1-14-12-17(13-15(2)19-14)8-9-18-10-11-20-16-6-4-3-5-7-16/h3-7,14-15H,8-13H2,1-2H3/t14-,15+. The Labute approximate surface area is 126 Å².